The van der Waals surface area contributed by atoms with Crippen LogP contribution in [0.15, 0.2) is 36.1 Å². The Hall–Kier alpha value is -0.980. The monoisotopic (exact) mass is 138 g/mol. The van der Waals surface area contributed by atoms with Crippen molar-refractivity contribution in [1.82, 2.24) is 0 Å². The van der Waals surface area contributed by atoms with Gasteiger partial charge in [-0.1, -0.05) is 24.8 Å². The highest BCUT2D eigenvalue weighted by molar-refractivity contribution is 5.24. The van der Waals surface area contributed by atoms with Crippen molar-refractivity contribution in [3.8, 4) is 0 Å². The Morgan fingerprint density at radius 1 is 1.50 bits per heavy atom. The predicted octanol–water partition coefficient (Wildman–Crippen LogP) is 2.67. The van der Waals surface area contributed by atoms with Gasteiger partial charge in [0, 0.05) is 0 Å². The SMILES string of the molecule is C=C(OC)C(C)=CC=CC. The molecule has 0 N–H and O–H groups in total. The largest absolute Gasteiger partial charge is 0.497 e. The first-order valence-corrected chi connectivity index (χ1v) is 3.25. The molecule has 0 rings (SSSR count). The van der Waals surface area contributed by atoms with Crippen LogP contribution in [0.5, 0.6) is 0 Å². The van der Waals surface area contributed by atoms with Crippen LogP contribution >= 0.6 is 0 Å². The molecule has 0 unspecified atom stereocenters. The molecule has 0 radical (unpaired) electrons. The molecule has 56 valence electrons. The van der Waals surface area contributed by atoms with Crippen molar-refractivity contribution in [2.24, 2.45) is 0 Å². The van der Waals surface area contributed by atoms with Crippen LogP contribution < -0.4 is 0 Å². The maximum atomic E-state index is 4.91. The fraction of sp³-hybridized carbons (Fsp3) is 0.333. The van der Waals surface area contributed by atoms with Crippen molar-refractivity contribution >= 4 is 0 Å². The summed E-state index contributed by atoms with van der Waals surface area (Å²) < 4.78 is 4.91. The minimum absolute atomic E-state index is 0.720. The van der Waals surface area contributed by atoms with Crippen LogP contribution in [-0.4, -0.2) is 7.11 Å². The highest BCUT2D eigenvalue weighted by Gasteiger charge is 1.90. The number of hydrogen-bond donors (Lipinski definition) is 0. The zero-order valence-corrected chi connectivity index (χ0v) is 6.85. The molecular weight excluding hydrogens is 124 g/mol. The molecule has 0 atom stereocenters. The summed E-state index contributed by atoms with van der Waals surface area (Å²) in [7, 11) is 1.62. The van der Waals surface area contributed by atoms with E-state index < -0.39 is 0 Å². The van der Waals surface area contributed by atoms with Crippen LogP contribution in [0.1, 0.15) is 13.8 Å². The van der Waals surface area contributed by atoms with E-state index in [2.05, 4.69) is 6.58 Å². The van der Waals surface area contributed by atoms with Gasteiger partial charge in [-0.25, -0.2) is 0 Å². The first-order chi connectivity index (χ1) is 4.72. The van der Waals surface area contributed by atoms with Crippen LogP contribution in [0.2, 0.25) is 0 Å². The molecule has 0 aliphatic carbocycles. The molecule has 1 heteroatoms. The van der Waals surface area contributed by atoms with E-state index >= 15 is 0 Å². The number of ether oxygens (including phenoxy) is 1. The van der Waals surface area contributed by atoms with Gasteiger partial charge in [-0.15, -0.1) is 0 Å². The molecule has 0 aliphatic rings. The molecule has 10 heavy (non-hydrogen) atoms. The van der Waals surface area contributed by atoms with E-state index in [0.717, 1.165) is 11.3 Å². The zero-order chi connectivity index (χ0) is 7.98. The number of hydrogen-bond acceptors (Lipinski definition) is 1. The van der Waals surface area contributed by atoms with Crippen LogP contribution in [0, 0.1) is 0 Å². The first-order valence-electron chi connectivity index (χ1n) is 3.25. The molecule has 0 bridgehead atoms. The molecule has 0 heterocycles. The summed E-state index contributed by atoms with van der Waals surface area (Å²) in [6.45, 7) is 7.64. The third-order valence-corrected chi connectivity index (χ3v) is 1.22. The van der Waals surface area contributed by atoms with E-state index in [9.17, 15) is 0 Å². The lowest BCUT2D eigenvalue weighted by Gasteiger charge is -2.01. The first kappa shape index (κ1) is 9.02. The van der Waals surface area contributed by atoms with Crippen molar-refractivity contribution in [2.45, 2.75) is 13.8 Å². The smallest absolute Gasteiger partial charge is 0.114 e. The third-order valence-electron chi connectivity index (χ3n) is 1.22. The van der Waals surface area contributed by atoms with Gasteiger partial charge in [0.15, 0.2) is 0 Å². The van der Waals surface area contributed by atoms with E-state index in [1.807, 2.05) is 32.1 Å². The van der Waals surface area contributed by atoms with Gasteiger partial charge in [-0.2, -0.15) is 0 Å². The van der Waals surface area contributed by atoms with Gasteiger partial charge in [0.1, 0.15) is 5.76 Å². The standard InChI is InChI=1S/C9H14O/c1-5-6-7-8(2)9(3)10-4/h5-7H,3H2,1-2,4H3. The van der Waals surface area contributed by atoms with Crippen LogP contribution in [-0.2, 0) is 4.74 Å². The van der Waals surface area contributed by atoms with Crippen LogP contribution in [0.25, 0.3) is 0 Å². The molecule has 1 nitrogen and oxygen atoms in total. The van der Waals surface area contributed by atoms with Gasteiger partial charge in [0.05, 0.1) is 7.11 Å². The Morgan fingerprint density at radius 2 is 2.10 bits per heavy atom. The average Bonchev–Trinajstić information content (AvgIpc) is 1.98. The average molecular weight is 138 g/mol. The van der Waals surface area contributed by atoms with Gasteiger partial charge >= 0.3 is 0 Å². The Labute approximate surface area is 62.7 Å². The maximum absolute atomic E-state index is 4.91. The van der Waals surface area contributed by atoms with Crippen molar-refractivity contribution in [2.75, 3.05) is 7.11 Å². The fourth-order valence-electron chi connectivity index (χ4n) is 0.494. The van der Waals surface area contributed by atoms with Gasteiger partial charge in [0.25, 0.3) is 0 Å². The minimum atomic E-state index is 0.720. The van der Waals surface area contributed by atoms with Gasteiger partial charge in [-0.05, 0) is 19.4 Å². The third kappa shape index (κ3) is 3.13. The summed E-state index contributed by atoms with van der Waals surface area (Å²) in [4.78, 5) is 0. The fourth-order valence-corrected chi connectivity index (χ4v) is 0.494. The molecule has 0 aromatic rings. The summed E-state index contributed by atoms with van der Waals surface area (Å²) in [6.07, 6.45) is 5.89. The Bertz CT molecular complexity index is 164. The zero-order valence-electron chi connectivity index (χ0n) is 6.85. The van der Waals surface area contributed by atoms with Crippen LogP contribution in [0.3, 0.4) is 0 Å². The highest BCUT2D eigenvalue weighted by atomic mass is 16.5. The van der Waals surface area contributed by atoms with Gasteiger partial charge in [0.2, 0.25) is 0 Å². The van der Waals surface area contributed by atoms with E-state index in [1.54, 1.807) is 7.11 Å². The normalized spacial score (nSPS) is 12.1. The van der Waals surface area contributed by atoms with Crippen molar-refractivity contribution in [3.63, 3.8) is 0 Å². The Morgan fingerprint density at radius 3 is 2.50 bits per heavy atom. The second-order valence-electron chi connectivity index (χ2n) is 2.00. The van der Waals surface area contributed by atoms with Crippen molar-refractivity contribution < 1.29 is 4.74 Å². The van der Waals surface area contributed by atoms with E-state index in [-0.39, 0.29) is 0 Å². The predicted molar refractivity (Wildman–Crippen MR) is 44.7 cm³/mol. The topological polar surface area (TPSA) is 9.23 Å². The molecular formula is C9H14O. The summed E-state index contributed by atoms with van der Waals surface area (Å²) >= 11 is 0. The molecule has 0 spiro atoms. The quantitative estimate of drug-likeness (QED) is 0.430. The Kier molecular flexibility index (Phi) is 4.38. The summed E-state index contributed by atoms with van der Waals surface area (Å²) in [5, 5.41) is 0. The van der Waals surface area contributed by atoms with E-state index in [1.165, 1.54) is 0 Å². The number of methoxy groups -OCH3 is 1. The second-order valence-corrected chi connectivity index (χ2v) is 2.00. The lowest BCUT2D eigenvalue weighted by Crippen LogP contribution is -1.84. The maximum Gasteiger partial charge on any atom is 0.114 e. The van der Waals surface area contributed by atoms with Crippen molar-refractivity contribution in [3.05, 3.63) is 36.1 Å². The highest BCUT2D eigenvalue weighted by Crippen LogP contribution is 2.05. The summed E-state index contributed by atoms with van der Waals surface area (Å²) in [5.41, 5.74) is 1.06. The summed E-state index contributed by atoms with van der Waals surface area (Å²) in [6, 6.07) is 0. The molecule has 0 saturated heterocycles. The van der Waals surface area contributed by atoms with Crippen LogP contribution in [0.4, 0.5) is 0 Å². The number of allylic oxidation sites excluding steroid dienone is 4. The molecule has 0 aromatic heterocycles. The molecule has 0 amide bonds. The number of rotatable bonds is 3. The molecule has 0 aromatic carbocycles. The van der Waals surface area contributed by atoms with E-state index in [0.29, 0.717) is 0 Å². The molecule has 0 saturated carbocycles. The molecule has 0 aliphatic heterocycles. The summed E-state index contributed by atoms with van der Waals surface area (Å²) in [5.74, 6) is 0.720. The lowest BCUT2D eigenvalue weighted by molar-refractivity contribution is 0.303. The van der Waals surface area contributed by atoms with Gasteiger partial charge < -0.3 is 4.74 Å². The second kappa shape index (κ2) is 4.86. The molecule has 0 fully saturated rings. The lowest BCUT2D eigenvalue weighted by atomic mass is 10.2. The Balaban J connectivity index is 4.05. The van der Waals surface area contributed by atoms with Crippen molar-refractivity contribution in [1.29, 1.82) is 0 Å². The van der Waals surface area contributed by atoms with Gasteiger partial charge in [-0.3, -0.25) is 0 Å². The van der Waals surface area contributed by atoms with E-state index in [4.69, 9.17) is 4.74 Å². The minimum Gasteiger partial charge on any atom is -0.497 e.